The van der Waals surface area contributed by atoms with Gasteiger partial charge in [-0.3, -0.25) is 0 Å². The van der Waals surface area contributed by atoms with Crippen molar-refractivity contribution in [2.75, 3.05) is 89.7 Å². The summed E-state index contributed by atoms with van der Waals surface area (Å²) in [5.41, 5.74) is 23.0. The van der Waals surface area contributed by atoms with E-state index in [9.17, 15) is 8.78 Å². The first-order valence-corrected chi connectivity index (χ1v) is 47.8. The number of halogens is 2. The largest absolute Gasteiger partial charge is 0.497 e. The van der Waals surface area contributed by atoms with E-state index >= 15 is 0 Å². The average Bonchev–Trinajstić information content (AvgIpc) is 0.901. The fourth-order valence-electron chi connectivity index (χ4n) is 14.1. The molecule has 0 radical (unpaired) electrons. The van der Waals surface area contributed by atoms with Gasteiger partial charge in [0.1, 0.15) is 17.4 Å². The van der Waals surface area contributed by atoms with Crippen LogP contribution in [0.1, 0.15) is 107 Å². The van der Waals surface area contributed by atoms with E-state index in [0.717, 1.165) is 26.6 Å². The van der Waals surface area contributed by atoms with Gasteiger partial charge in [0.2, 0.25) is 0 Å². The van der Waals surface area contributed by atoms with Gasteiger partial charge in [0.15, 0.2) is 0 Å². The molecule has 0 spiro atoms. The minimum atomic E-state index is -0.171. The van der Waals surface area contributed by atoms with Crippen molar-refractivity contribution < 1.29 is 27.0 Å². The highest BCUT2D eigenvalue weighted by Gasteiger charge is 2.16. The van der Waals surface area contributed by atoms with Crippen LogP contribution >= 0.6 is 0 Å². The number of aryl methyl sites for hydroxylation is 4. The zero-order chi connectivity index (χ0) is 91.5. The van der Waals surface area contributed by atoms with E-state index in [4.69, 9.17) is 4.74 Å². The molecule has 14 rings (SSSR count). The van der Waals surface area contributed by atoms with Crippen LogP contribution in [0, 0.1) is 39.3 Å². The number of benzene rings is 14. The third-order valence-corrected chi connectivity index (χ3v) is 22.6. The topological polar surface area (TPSA) is 9.23 Å². The predicted molar refractivity (Wildman–Crippen MR) is 600 cm³/mol. The molecular formula is C116H170B7F2N3O-4. The summed E-state index contributed by atoms with van der Waals surface area (Å²) in [6, 6.07) is 135. The molecule has 0 N–H and O–H groups in total. The maximum absolute atomic E-state index is 12.7. The lowest BCUT2D eigenvalue weighted by atomic mass is 9.65. The van der Waals surface area contributed by atoms with Crippen molar-refractivity contribution in [3.63, 3.8) is 0 Å². The third-order valence-electron chi connectivity index (χ3n) is 22.6. The van der Waals surface area contributed by atoms with E-state index < -0.39 is 0 Å². The molecule has 0 fully saturated rings. The molecule has 14 aromatic rings. The second-order valence-corrected chi connectivity index (χ2v) is 36.4. The lowest BCUT2D eigenvalue weighted by Gasteiger charge is -2.34. The van der Waals surface area contributed by atoms with Crippen molar-refractivity contribution >= 4 is 89.2 Å². The number of ether oxygens (including phenoxy) is 1. The molecule has 0 atom stereocenters. The van der Waals surface area contributed by atoms with Crippen LogP contribution in [-0.2, 0) is 31.6 Å². The predicted octanol–water partition coefficient (Wildman–Crippen LogP) is 19.4. The third kappa shape index (κ3) is 64.5. The Balaban J connectivity index is 0. The quantitative estimate of drug-likeness (QED) is 0.0485. The number of methoxy groups -OCH3 is 1. The highest BCUT2D eigenvalue weighted by molar-refractivity contribution is 6.55. The summed E-state index contributed by atoms with van der Waals surface area (Å²) in [6.45, 7) is 27.1. The Kier molecular flexibility index (Phi) is 68.8. The Hall–Kier alpha value is -10.9. The van der Waals surface area contributed by atoms with Crippen molar-refractivity contribution in [3.8, 4) is 5.75 Å². The molecule has 694 valence electrons. The second kappa shape index (κ2) is 73.9. The number of rotatable bonds is 22. The summed E-state index contributed by atoms with van der Waals surface area (Å²) in [4.78, 5) is 0. The van der Waals surface area contributed by atoms with E-state index in [2.05, 4.69) is 434 Å². The fourth-order valence-corrected chi connectivity index (χ4v) is 14.1. The molecule has 0 saturated heterocycles. The van der Waals surface area contributed by atoms with E-state index in [1.807, 2.05) is 49.4 Å². The van der Waals surface area contributed by atoms with Crippen molar-refractivity contribution in [2.45, 2.75) is 130 Å². The molecule has 0 amide bonds. The van der Waals surface area contributed by atoms with Crippen LogP contribution in [0.15, 0.2) is 394 Å². The van der Waals surface area contributed by atoms with Gasteiger partial charge in [0.05, 0.1) is 89.7 Å². The Morgan fingerprint density at radius 2 is 0.434 bits per heavy atom. The van der Waals surface area contributed by atoms with Crippen LogP contribution in [0.3, 0.4) is 0 Å². The Morgan fingerprint density at radius 1 is 0.240 bits per heavy atom. The number of hydrogen-bond acceptors (Lipinski definition) is 1. The minimum absolute atomic E-state index is 0. The van der Waals surface area contributed by atoms with Gasteiger partial charge < -0.3 is 18.2 Å². The average molecular weight is 1740 g/mol. The van der Waals surface area contributed by atoms with E-state index in [-0.39, 0.29) is 92.3 Å². The summed E-state index contributed by atoms with van der Waals surface area (Å²) in [7, 11) is 19.0. The van der Waals surface area contributed by atoms with Crippen LogP contribution < -0.4 is 43.0 Å². The smallest absolute Gasteiger partial charge is 0.123 e. The number of nitrogens with zero attached hydrogens (tertiary/aromatic N) is 3. The molecule has 13 heteroatoms. The van der Waals surface area contributed by atoms with Crippen LogP contribution in [0.5, 0.6) is 5.75 Å². The second-order valence-electron chi connectivity index (χ2n) is 36.4. The summed E-state index contributed by atoms with van der Waals surface area (Å²) in [5.74, 6) is 0.592. The zero-order valence-corrected chi connectivity index (χ0v) is 81.9. The Morgan fingerprint density at radius 3 is 0.651 bits per heavy atom. The normalized spacial score (nSPS) is 9.84. The van der Waals surface area contributed by atoms with Crippen LogP contribution in [0.25, 0.3) is 0 Å². The first-order valence-electron chi connectivity index (χ1n) is 47.8. The summed E-state index contributed by atoms with van der Waals surface area (Å²) >= 11 is 0. The fraction of sp³-hybridized carbons (Fsp3) is 0.276. The maximum atomic E-state index is 12.7. The molecule has 129 heavy (non-hydrogen) atoms. The molecule has 0 aliphatic heterocycles. The molecule has 0 bridgehead atoms. The van der Waals surface area contributed by atoms with Crippen LogP contribution in [-0.4, -0.2) is 154 Å². The molecule has 0 aliphatic rings. The molecular weight excluding hydrogens is 1560 g/mol. The first-order chi connectivity index (χ1) is 60.2. The molecule has 0 aromatic heterocycles. The van der Waals surface area contributed by atoms with Gasteiger partial charge in [-0.05, 0) is 106 Å². The van der Waals surface area contributed by atoms with Crippen LogP contribution in [0.4, 0.5) is 8.78 Å². The molecule has 0 heterocycles. The minimum Gasteiger partial charge on any atom is -0.497 e. The summed E-state index contributed by atoms with van der Waals surface area (Å²) < 4.78 is 33.0. The summed E-state index contributed by atoms with van der Waals surface area (Å²) in [6.07, 6.45) is 6.11. The maximum Gasteiger partial charge on any atom is 0.123 e. The monoisotopic (exact) mass is 1740 g/mol. The summed E-state index contributed by atoms with van der Waals surface area (Å²) in [5, 5.41) is 0. The first kappa shape index (κ1) is 120. The van der Waals surface area contributed by atoms with E-state index in [0.29, 0.717) is 0 Å². The SMILES string of the molecule is C.C.C.C.CC[N+](CC)(CC)CC.COc1ccc(C)cc1.C[BH2-]c1ccccc1.C[BH2-]c1ccccc1.C[N+](C)(C)C.C[N+](C)(C)C.Cc1ccc(C[BH2-]c2ccccc2)cc1.Cc1ccc(F)cc1.Cc1ccccc1C[BH2-]c1ccccc1.Fc1ccc(C[BH2-]c2ccccc2)cc1.[BH2-](Cc1ccccc1)c1ccccc1.[BH2-](Cc1ccccc1)c1ccccc1. The van der Waals surface area contributed by atoms with Crippen molar-refractivity contribution in [3.05, 3.63) is 456 Å². The van der Waals surface area contributed by atoms with Crippen molar-refractivity contribution in [1.82, 2.24) is 0 Å². The van der Waals surface area contributed by atoms with Gasteiger partial charge in [-0.25, -0.2) is 47.0 Å². The Bertz CT molecular complexity index is 4490. The van der Waals surface area contributed by atoms with Gasteiger partial charge in [-0.2, -0.15) is 45.2 Å². The molecule has 0 aliphatic carbocycles. The van der Waals surface area contributed by atoms with Crippen LogP contribution in [0.2, 0.25) is 13.6 Å². The molecule has 4 nitrogen and oxygen atoms in total. The standard InChI is InChI=1S/2C14H16B.C13H13BF.2C13H14B.C8H20N.C8H10O.2C7H10B.C7H7F.2C4H12N.4CH4/c1-12-7-5-6-8-13(12)11-15-14-9-3-2-4-10-14;1-12-7-9-13(10-8-12)11-15-14-5-3-2-4-6-14;15-13-8-6-11(7-9-13)10-14-12-4-2-1-3-5-12;2*1-3-7-12(8-4-1)11-14-13-9-5-2-6-10-13;1-5-9(6-2,7-3)8-4;1-7-3-5-8(9-2)6-4-7;2*1-8-7-5-3-2-4-6-7;1-6-2-4-7(8)5-3-6;2*1-5(2,3)4;;;;/h2*2-10H,11,15H2,1H3;1-9H,10,14H2;2*1-10H,11,14H2;5-8H2,1-4H3;3-6H,1-2H3;2*2-6H,8H2,1H3;2-5H,1H3;2*1-4H3;4*1H4/q5*-1;+1;;2*-1;;2*+1;;;;. The van der Waals surface area contributed by atoms with E-state index in [1.165, 1.54) is 157 Å². The van der Waals surface area contributed by atoms with Gasteiger partial charge in [0.25, 0.3) is 0 Å². The number of quaternary nitrogens is 3. The van der Waals surface area contributed by atoms with Gasteiger partial charge in [-0.15, -0.1) is 0 Å². The van der Waals surface area contributed by atoms with Gasteiger partial charge in [-0.1, -0.05) is 438 Å². The lowest BCUT2D eigenvalue weighted by molar-refractivity contribution is -0.921. The molecule has 14 aromatic carbocycles. The lowest BCUT2D eigenvalue weighted by Crippen LogP contribution is -2.47. The highest BCUT2D eigenvalue weighted by Crippen LogP contribution is 2.11. The highest BCUT2D eigenvalue weighted by atomic mass is 19.1. The van der Waals surface area contributed by atoms with Gasteiger partial charge in [0, 0.05) is 36.4 Å². The molecule has 0 saturated carbocycles. The zero-order valence-electron chi connectivity index (χ0n) is 81.9. The molecule has 0 unspecified atom stereocenters. The van der Waals surface area contributed by atoms with Gasteiger partial charge >= 0.3 is 0 Å². The van der Waals surface area contributed by atoms with Crippen molar-refractivity contribution in [2.24, 2.45) is 0 Å². The Labute approximate surface area is 792 Å². The van der Waals surface area contributed by atoms with Crippen molar-refractivity contribution in [1.29, 1.82) is 0 Å². The van der Waals surface area contributed by atoms with E-state index in [1.54, 1.807) is 24.7 Å². The number of hydrogen-bond donors (Lipinski definition) is 0.